The molecule has 0 aliphatic rings. The molecule has 0 fully saturated rings. The maximum Gasteiger partial charge on any atom is 0.335 e. The second-order valence-electron chi connectivity index (χ2n) is 2.98. The molecule has 0 atom stereocenters. The molecule has 0 amide bonds. The zero-order valence-corrected chi connectivity index (χ0v) is 8.53. The van der Waals surface area contributed by atoms with Gasteiger partial charge in [-0.05, 0) is 17.7 Å². The molecule has 0 radical (unpaired) electrons. The third-order valence-corrected chi connectivity index (χ3v) is 2.70. The molecule has 0 aromatic heterocycles. The first kappa shape index (κ1) is 11.0. The third-order valence-electron chi connectivity index (χ3n) is 1.78. The van der Waals surface area contributed by atoms with Crippen LogP contribution in [0.2, 0.25) is 0 Å². The Bertz CT molecular complexity index is 399. The number of rotatable bonds is 3. The number of anilines is 1. The molecule has 0 aliphatic heterocycles. The molecular formula is C8H12N2O3S. The van der Waals surface area contributed by atoms with E-state index >= 15 is 0 Å². The van der Waals surface area contributed by atoms with E-state index in [2.05, 4.69) is 0 Å². The van der Waals surface area contributed by atoms with Crippen LogP contribution in [0.4, 0.5) is 5.69 Å². The molecule has 0 heterocycles. The molecule has 0 bridgehead atoms. The summed E-state index contributed by atoms with van der Waals surface area (Å²) in [6.45, 7) is 0.124. The summed E-state index contributed by atoms with van der Waals surface area (Å²) >= 11 is 0. The highest BCUT2D eigenvalue weighted by Crippen LogP contribution is 2.08. The zero-order chi connectivity index (χ0) is 10.8. The standard InChI is InChI=1S/C8H12N2O3S/c1-10(14(11,12)13)6-7-2-4-8(9)5-3-7/h2-5H,6,9H2,1H3,(H,11,12,13). The first-order valence-corrected chi connectivity index (χ1v) is 5.32. The number of nitrogens with two attached hydrogens (primary N) is 1. The third kappa shape index (κ3) is 2.99. The van der Waals surface area contributed by atoms with Gasteiger partial charge in [-0.15, -0.1) is 0 Å². The van der Waals surface area contributed by atoms with E-state index in [-0.39, 0.29) is 6.54 Å². The average Bonchev–Trinajstić information content (AvgIpc) is 2.07. The van der Waals surface area contributed by atoms with E-state index in [1.165, 1.54) is 7.05 Å². The maximum atomic E-state index is 10.7. The van der Waals surface area contributed by atoms with E-state index in [4.69, 9.17) is 10.3 Å². The topological polar surface area (TPSA) is 83.6 Å². The van der Waals surface area contributed by atoms with Crippen LogP contribution in [0.1, 0.15) is 5.56 Å². The highest BCUT2D eigenvalue weighted by atomic mass is 32.2. The van der Waals surface area contributed by atoms with Crippen LogP contribution in [-0.4, -0.2) is 24.3 Å². The number of nitrogens with zero attached hydrogens (tertiary/aromatic N) is 1. The van der Waals surface area contributed by atoms with Crippen LogP contribution in [0.15, 0.2) is 24.3 Å². The SMILES string of the molecule is CN(Cc1ccc(N)cc1)S(=O)(=O)O. The van der Waals surface area contributed by atoms with Gasteiger partial charge in [-0.1, -0.05) is 12.1 Å². The van der Waals surface area contributed by atoms with E-state index in [0.29, 0.717) is 5.69 Å². The van der Waals surface area contributed by atoms with Crippen molar-refractivity contribution in [2.75, 3.05) is 12.8 Å². The van der Waals surface area contributed by atoms with E-state index in [0.717, 1.165) is 9.87 Å². The number of nitrogen functional groups attached to an aromatic ring is 1. The first-order valence-electron chi connectivity index (χ1n) is 3.93. The van der Waals surface area contributed by atoms with Gasteiger partial charge in [0.25, 0.3) is 0 Å². The summed E-state index contributed by atoms with van der Waals surface area (Å²) in [4.78, 5) is 0. The van der Waals surface area contributed by atoms with Crippen molar-refractivity contribution in [2.24, 2.45) is 0 Å². The van der Waals surface area contributed by atoms with Gasteiger partial charge in [-0.2, -0.15) is 12.7 Å². The lowest BCUT2D eigenvalue weighted by Crippen LogP contribution is -2.25. The van der Waals surface area contributed by atoms with Crippen molar-refractivity contribution < 1.29 is 13.0 Å². The van der Waals surface area contributed by atoms with Crippen molar-refractivity contribution in [3.8, 4) is 0 Å². The normalized spacial score (nSPS) is 11.9. The summed E-state index contributed by atoms with van der Waals surface area (Å²) in [5.41, 5.74) is 6.84. The second-order valence-corrected chi connectivity index (χ2v) is 4.49. The predicted octanol–water partition coefficient (Wildman–Crippen LogP) is 0.503. The van der Waals surface area contributed by atoms with Crippen LogP contribution in [0.3, 0.4) is 0 Å². The molecule has 14 heavy (non-hydrogen) atoms. The molecule has 3 N–H and O–H groups in total. The Morgan fingerprint density at radius 2 is 1.86 bits per heavy atom. The van der Waals surface area contributed by atoms with Crippen LogP contribution in [0, 0.1) is 0 Å². The van der Waals surface area contributed by atoms with E-state index in [1.54, 1.807) is 24.3 Å². The van der Waals surface area contributed by atoms with Gasteiger partial charge in [0, 0.05) is 19.3 Å². The van der Waals surface area contributed by atoms with Gasteiger partial charge in [0.2, 0.25) is 0 Å². The van der Waals surface area contributed by atoms with Crippen molar-refractivity contribution in [3.05, 3.63) is 29.8 Å². The molecule has 0 spiro atoms. The number of benzene rings is 1. The summed E-state index contributed by atoms with van der Waals surface area (Å²) < 4.78 is 30.8. The zero-order valence-electron chi connectivity index (χ0n) is 7.71. The molecule has 1 rings (SSSR count). The van der Waals surface area contributed by atoms with E-state index in [9.17, 15) is 8.42 Å². The quantitative estimate of drug-likeness (QED) is 0.569. The average molecular weight is 216 g/mol. The molecule has 5 nitrogen and oxygen atoms in total. The van der Waals surface area contributed by atoms with E-state index in [1.807, 2.05) is 0 Å². The molecule has 1 aromatic carbocycles. The fourth-order valence-electron chi connectivity index (χ4n) is 0.962. The lowest BCUT2D eigenvalue weighted by molar-refractivity contribution is 0.384. The van der Waals surface area contributed by atoms with Gasteiger partial charge in [0.1, 0.15) is 0 Å². The monoisotopic (exact) mass is 216 g/mol. The van der Waals surface area contributed by atoms with Gasteiger partial charge in [-0.25, -0.2) is 0 Å². The minimum atomic E-state index is -4.11. The van der Waals surface area contributed by atoms with Gasteiger partial charge >= 0.3 is 10.3 Å². The number of hydrogen-bond acceptors (Lipinski definition) is 3. The highest BCUT2D eigenvalue weighted by Gasteiger charge is 2.12. The minimum absolute atomic E-state index is 0.124. The molecule has 78 valence electrons. The van der Waals surface area contributed by atoms with Crippen molar-refractivity contribution >= 4 is 16.0 Å². The Balaban J connectivity index is 2.75. The number of hydrogen-bond donors (Lipinski definition) is 2. The Morgan fingerprint density at radius 1 is 1.36 bits per heavy atom. The maximum absolute atomic E-state index is 10.7. The largest absolute Gasteiger partial charge is 0.399 e. The Kier molecular flexibility index (Phi) is 3.10. The van der Waals surface area contributed by atoms with Crippen LogP contribution in [0.25, 0.3) is 0 Å². The van der Waals surface area contributed by atoms with Crippen molar-refractivity contribution in [3.63, 3.8) is 0 Å². The van der Waals surface area contributed by atoms with Gasteiger partial charge in [0.05, 0.1) is 0 Å². The molecule has 1 aromatic rings. The molecular weight excluding hydrogens is 204 g/mol. The first-order chi connectivity index (χ1) is 6.39. The van der Waals surface area contributed by atoms with Crippen molar-refractivity contribution in [1.82, 2.24) is 4.31 Å². The smallest absolute Gasteiger partial charge is 0.335 e. The van der Waals surface area contributed by atoms with Crippen molar-refractivity contribution in [1.29, 1.82) is 0 Å². The van der Waals surface area contributed by atoms with Crippen LogP contribution in [-0.2, 0) is 16.8 Å². The fourth-order valence-corrected chi connectivity index (χ4v) is 1.27. The van der Waals surface area contributed by atoms with Gasteiger partial charge in [-0.3, -0.25) is 4.55 Å². The van der Waals surface area contributed by atoms with Crippen molar-refractivity contribution in [2.45, 2.75) is 6.54 Å². The Morgan fingerprint density at radius 3 is 2.29 bits per heavy atom. The summed E-state index contributed by atoms with van der Waals surface area (Å²) in [5, 5.41) is 0. The second kappa shape index (κ2) is 3.95. The predicted molar refractivity (Wildman–Crippen MR) is 53.9 cm³/mol. The lowest BCUT2D eigenvalue weighted by Gasteiger charge is -2.12. The molecule has 0 saturated carbocycles. The lowest BCUT2D eigenvalue weighted by atomic mass is 10.2. The minimum Gasteiger partial charge on any atom is -0.399 e. The van der Waals surface area contributed by atoms with E-state index < -0.39 is 10.3 Å². The van der Waals surface area contributed by atoms with Crippen LogP contribution >= 0.6 is 0 Å². The fraction of sp³-hybridized carbons (Fsp3) is 0.250. The summed E-state index contributed by atoms with van der Waals surface area (Å²) in [7, 11) is -2.81. The van der Waals surface area contributed by atoms with Crippen LogP contribution in [0.5, 0.6) is 0 Å². The molecule has 6 heteroatoms. The highest BCUT2D eigenvalue weighted by molar-refractivity contribution is 7.83. The van der Waals surface area contributed by atoms with Gasteiger partial charge < -0.3 is 5.73 Å². The molecule has 0 aliphatic carbocycles. The molecule has 0 unspecified atom stereocenters. The Labute approximate surface area is 83.0 Å². The summed E-state index contributed by atoms with van der Waals surface area (Å²) in [6.07, 6.45) is 0. The molecule has 0 saturated heterocycles. The van der Waals surface area contributed by atoms with Crippen LogP contribution < -0.4 is 5.73 Å². The Hall–Kier alpha value is -1.11. The summed E-state index contributed by atoms with van der Waals surface area (Å²) in [6, 6.07) is 6.76. The summed E-state index contributed by atoms with van der Waals surface area (Å²) in [5.74, 6) is 0. The van der Waals surface area contributed by atoms with Gasteiger partial charge in [0.15, 0.2) is 0 Å².